The fourth-order valence-electron chi connectivity index (χ4n) is 10.3. The van der Waals surface area contributed by atoms with Gasteiger partial charge in [-0.15, -0.1) is 0 Å². The van der Waals surface area contributed by atoms with E-state index >= 15 is 0 Å². The SMILES string of the molecule is CC/C=C\C/C=C\C/C=C\C/C=C\CCCCCCCCCCCCCCCCCCCCC(=O)OCC(COC(=O)CCCCCCCCCCC)OC(=O)CCCCCCCCCCCCCC/C=C\C/C=C\C/C=C\C/C=C\CC. The van der Waals surface area contributed by atoms with E-state index in [9.17, 15) is 14.4 Å². The number of carbonyl (C=O) groups excluding carboxylic acids is 3. The van der Waals surface area contributed by atoms with Crippen molar-refractivity contribution in [1.82, 2.24) is 0 Å². The molecular weight excluding hydrogens is 1020 g/mol. The highest BCUT2D eigenvalue weighted by atomic mass is 16.6. The molecule has 478 valence electrons. The van der Waals surface area contributed by atoms with Crippen molar-refractivity contribution in [3.63, 3.8) is 0 Å². The molecular formula is C77H134O6. The van der Waals surface area contributed by atoms with Gasteiger partial charge in [0.2, 0.25) is 0 Å². The van der Waals surface area contributed by atoms with Gasteiger partial charge in [-0.1, -0.05) is 336 Å². The van der Waals surface area contributed by atoms with Gasteiger partial charge < -0.3 is 14.2 Å². The van der Waals surface area contributed by atoms with Crippen LogP contribution >= 0.6 is 0 Å². The molecule has 0 spiro atoms. The molecule has 0 rings (SSSR count). The number of hydrogen-bond acceptors (Lipinski definition) is 6. The van der Waals surface area contributed by atoms with Crippen molar-refractivity contribution < 1.29 is 28.6 Å². The van der Waals surface area contributed by atoms with Crippen molar-refractivity contribution in [1.29, 1.82) is 0 Å². The molecule has 0 saturated heterocycles. The Balaban J connectivity index is 4.11. The lowest BCUT2D eigenvalue weighted by Gasteiger charge is -2.18. The first kappa shape index (κ1) is 79.3. The fourth-order valence-corrected chi connectivity index (χ4v) is 10.3. The van der Waals surface area contributed by atoms with Crippen LogP contribution < -0.4 is 0 Å². The van der Waals surface area contributed by atoms with E-state index in [1.807, 2.05) is 0 Å². The number of rotatable bonds is 65. The summed E-state index contributed by atoms with van der Waals surface area (Å²) in [6.45, 7) is 6.44. The highest BCUT2D eigenvalue weighted by molar-refractivity contribution is 5.71. The van der Waals surface area contributed by atoms with E-state index in [1.165, 1.54) is 205 Å². The van der Waals surface area contributed by atoms with E-state index in [4.69, 9.17) is 14.2 Å². The second-order valence-corrected chi connectivity index (χ2v) is 23.7. The number of allylic oxidation sites excluding steroid dienone is 16. The van der Waals surface area contributed by atoms with E-state index < -0.39 is 6.10 Å². The minimum Gasteiger partial charge on any atom is -0.462 e. The van der Waals surface area contributed by atoms with Crippen molar-refractivity contribution in [3.8, 4) is 0 Å². The molecule has 1 unspecified atom stereocenters. The third kappa shape index (κ3) is 69.0. The number of esters is 3. The molecule has 0 aliphatic carbocycles. The highest BCUT2D eigenvalue weighted by Gasteiger charge is 2.19. The highest BCUT2D eigenvalue weighted by Crippen LogP contribution is 2.18. The van der Waals surface area contributed by atoms with Gasteiger partial charge in [0.05, 0.1) is 0 Å². The first-order valence-corrected chi connectivity index (χ1v) is 35.7. The lowest BCUT2D eigenvalue weighted by atomic mass is 10.0. The van der Waals surface area contributed by atoms with Crippen molar-refractivity contribution in [2.45, 2.75) is 361 Å². The zero-order valence-electron chi connectivity index (χ0n) is 54.9. The van der Waals surface area contributed by atoms with E-state index in [0.717, 1.165) is 109 Å². The van der Waals surface area contributed by atoms with Gasteiger partial charge in [0.15, 0.2) is 6.10 Å². The quantitative estimate of drug-likeness (QED) is 0.0261. The molecule has 0 aliphatic heterocycles. The molecule has 0 aromatic carbocycles. The summed E-state index contributed by atoms with van der Waals surface area (Å²) in [5.74, 6) is -0.859. The van der Waals surface area contributed by atoms with Crippen LogP contribution in [0.15, 0.2) is 97.2 Å². The predicted octanol–water partition coefficient (Wildman–Crippen LogP) is 24.8. The van der Waals surface area contributed by atoms with E-state index in [2.05, 4.69) is 118 Å². The molecule has 0 amide bonds. The Bertz CT molecular complexity index is 1610. The standard InChI is InChI=1S/C77H134O6/c1-4-7-10-13-16-19-21-23-25-27-29-31-33-35-36-37-38-39-40-42-43-45-47-49-51-53-55-58-61-64-67-70-76(79)82-73-74(72-81-75(78)69-66-63-60-57-18-15-12-9-6-3)83-77(80)71-68-65-62-59-56-54-52-50-48-46-44-41-34-32-30-28-26-24-22-20-17-14-11-8-5-2/h7-8,10-11,16-17,19-20,23-26,29-32,74H,4-6,9,12-15,18,21-22,27-28,33-73H2,1-3H3/b10-7-,11-8-,19-16-,20-17-,25-23-,26-24-,31-29-,32-30-. The van der Waals surface area contributed by atoms with Gasteiger partial charge in [-0.2, -0.15) is 0 Å². The topological polar surface area (TPSA) is 78.9 Å². The summed E-state index contributed by atoms with van der Waals surface area (Å²) < 4.78 is 16.9. The Kier molecular flexibility index (Phi) is 67.7. The molecule has 0 bridgehead atoms. The average Bonchev–Trinajstić information content (AvgIpc) is 3.49. The molecule has 0 aromatic rings. The zero-order valence-corrected chi connectivity index (χ0v) is 54.9. The molecule has 0 fully saturated rings. The first-order chi connectivity index (χ1) is 41.0. The number of unbranched alkanes of at least 4 members (excludes halogenated alkanes) is 38. The summed E-state index contributed by atoms with van der Waals surface area (Å²) in [5, 5.41) is 0. The lowest BCUT2D eigenvalue weighted by Crippen LogP contribution is -2.30. The minimum atomic E-state index is -0.776. The second kappa shape index (κ2) is 70.8. The van der Waals surface area contributed by atoms with Gasteiger partial charge in [-0.3, -0.25) is 14.4 Å². The van der Waals surface area contributed by atoms with Crippen molar-refractivity contribution in [3.05, 3.63) is 97.2 Å². The van der Waals surface area contributed by atoms with Crippen LogP contribution in [0.2, 0.25) is 0 Å². The van der Waals surface area contributed by atoms with Crippen LogP contribution in [0, 0.1) is 0 Å². The Morgan fingerprint density at radius 3 is 0.735 bits per heavy atom. The van der Waals surface area contributed by atoms with Crippen LogP contribution in [0.3, 0.4) is 0 Å². The van der Waals surface area contributed by atoms with E-state index in [0.29, 0.717) is 19.3 Å². The van der Waals surface area contributed by atoms with Gasteiger partial charge in [0.1, 0.15) is 13.2 Å². The Labute approximate surface area is 515 Å². The summed E-state index contributed by atoms with van der Waals surface area (Å²) in [7, 11) is 0. The van der Waals surface area contributed by atoms with Gasteiger partial charge in [0, 0.05) is 19.3 Å². The van der Waals surface area contributed by atoms with Crippen LogP contribution in [0.4, 0.5) is 0 Å². The summed E-state index contributed by atoms with van der Waals surface area (Å²) in [6.07, 6.45) is 96.0. The molecule has 0 aromatic heterocycles. The Hall–Kier alpha value is -3.67. The normalized spacial score (nSPS) is 12.7. The molecule has 6 nitrogen and oxygen atoms in total. The van der Waals surface area contributed by atoms with Crippen LogP contribution in [-0.4, -0.2) is 37.2 Å². The summed E-state index contributed by atoms with van der Waals surface area (Å²) in [6, 6.07) is 0. The van der Waals surface area contributed by atoms with E-state index in [-0.39, 0.29) is 31.1 Å². The zero-order chi connectivity index (χ0) is 59.9. The maximum Gasteiger partial charge on any atom is 0.306 e. The first-order valence-electron chi connectivity index (χ1n) is 35.7. The van der Waals surface area contributed by atoms with Gasteiger partial charge in [0.25, 0.3) is 0 Å². The summed E-state index contributed by atoms with van der Waals surface area (Å²) >= 11 is 0. The maximum atomic E-state index is 12.9. The summed E-state index contributed by atoms with van der Waals surface area (Å²) in [5.41, 5.74) is 0. The number of ether oxygens (including phenoxy) is 3. The van der Waals surface area contributed by atoms with E-state index in [1.54, 1.807) is 0 Å². The van der Waals surface area contributed by atoms with Crippen LogP contribution in [0.5, 0.6) is 0 Å². The minimum absolute atomic E-state index is 0.0728. The number of hydrogen-bond donors (Lipinski definition) is 0. The molecule has 6 heteroatoms. The van der Waals surface area contributed by atoms with Crippen LogP contribution in [0.1, 0.15) is 355 Å². The monoisotopic (exact) mass is 1160 g/mol. The van der Waals surface area contributed by atoms with Gasteiger partial charge in [-0.05, 0) is 96.3 Å². The Morgan fingerprint density at radius 2 is 0.470 bits per heavy atom. The smallest absolute Gasteiger partial charge is 0.306 e. The second-order valence-electron chi connectivity index (χ2n) is 23.7. The molecule has 0 aliphatic rings. The van der Waals surface area contributed by atoms with Crippen molar-refractivity contribution in [2.24, 2.45) is 0 Å². The molecule has 0 saturated carbocycles. The maximum absolute atomic E-state index is 12.9. The molecule has 0 radical (unpaired) electrons. The molecule has 1 atom stereocenters. The number of carbonyl (C=O) groups is 3. The van der Waals surface area contributed by atoms with Crippen molar-refractivity contribution in [2.75, 3.05) is 13.2 Å². The molecule has 83 heavy (non-hydrogen) atoms. The average molecular weight is 1160 g/mol. The van der Waals surface area contributed by atoms with Crippen molar-refractivity contribution >= 4 is 17.9 Å². The molecule has 0 heterocycles. The van der Waals surface area contributed by atoms with Gasteiger partial charge in [-0.25, -0.2) is 0 Å². The largest absolute Gasteiger partial charge is 0.462 e. The Morgan fingerprint density at radius 1 is 0.253 bits per heavy atom. The summed E-state index contributed by atoms with van der Waals surface area (Å²) in [4.78, 5) is 38.3. The third-order valence-electron chi connectivity index (χ3n) is 15.6. The third-order valence-corrected chi connectivity index (χ3v) is 15.6. The van der Waals surface area contributed by atoms with Crippen LogP contribution in [-0.2, 0) is 28.6 Å². The lowest BCUT2D eigenvalue weighted by molar-refractivity contribution is -0.167. The predicted molar refractivity (Wildman–Crippen MR) is 362 cm³/mol. The molecule has 0 N–H and O–H groups in total. The van der Waals surface area contributed by atoms with Gasteiger partial charge >= 0.3 is 17.9 Å². The van der Waals surface area contributed by atoms with Crippen LogP contribution in [0.25, 0.3) is 0 Å². The fraction of sp³-hybridized carbons (Fsp3) is 0.753.